The Morgan fingerprint density at radius 2 is 1.82 bits per heavy atom. The maximum absolute atomic E-state index is 12.0. The summed E-state index contributed by atoms with van der Waals surface area (Å²) in [5.41, 5.74) is 0. The van der Waals surface area contributed by atoms with Crippen molar-refractivity contribution in [2.24, 2.45) is 0 Å². The van der Waals surface area contributed by atoms with Crippen molar-refractivity contribution >= 4 is 13.7 Å². The molecule has 0 rings (SSSR count). The number of rotatable bonds is 8. The SMILES string of the molecule is C=CC(OP(=O)(OCC)OCC)C(=O)N(C)C. The average Bonchev–Trinajstić information content (AvgIpc) is 2.25. The molecular weight excluding hydrogens is 245 g/mol. The van der Waals surface area contributed by atoms with Gasteiger partial charge in [0.15, 0.2) is 6.10 Å². The molecule has 0 N–H and O–H groups in total. The van der Waals surface area contributed by atoms with Gasteiger partial charge in [-0.15, -0.1) is 0 Å². The van der Waals surface area contributed by atoms with E-state index in [1.54, 1.807) is 27.9 Å². The quantitative estimate of drug-likeness (QED) is 0.495. The van der Waals surface area contributed by atoms with Gasteiger partial charge < -0.3 is 4.90 Å². The van der Waals surface area contributed by atoms with Crippen LogP contribution in [0.4, 0.5) is 0 Å². The second kappa shape index (κ2) is 7.61. The van der Waals surface area contributed by atoms with Crippen LogP contribution < -0.4 is 0 Å². The molecule has 0 radical (unpaired) electrons. The minimum Gasteiger partial charge on any atom is -0.346 e. The van der Waals surface area contributed by atoms with Crippen molar-refractivity contribution in [3.63, 3.8) is 0 Å². The van der Waals surface area contributed by atoms with Crippen LogP contribution >= 0.6 is 7.82 Å². The van der Waals surface area contributed by atoms with Crippen LogP contribution in [0.15, 0.2) is 12.7 Å². The first kappa shape index (κ1) is 16.3. The molecule has 0 aliphatic carbocycles. The number of phosphoric ester groups is 1. The van der Waals surface area contributed by atoms with Crippen LogP contribution in [0.5, 0.6) is 0 Å². The first-order valence-corrected chi connectivity index (χ1v) is 6.77. The molecule has 0 bridgehead atoms. The summed E-state index contributed by atoms with van der Waals surface area (Å²) in [5.74, 6) is -0.375. The van der Waals surface area contributed by atoms with Crippen LogP contribution in [0.3, 0.4) is 0 Å². The third-order valence-corrected chi connectivity index (χ3v) is 3.35. The summed E-state index contributed by atoms with van der Waals surface area (Å²) in [6.07, 6.45) is 0.210. The van der Waals surface area contributed by atoms with Crippen LogP contribution in [0, 0.1) is 0 Å². The van der Waals surface area contributed by atoms with Crippen LogP contribution in [-0.2, 0) is 22.9 Å². The highest BCUT2D eigenvalue weighted by Gasteiger charge is 2.32. The van der Waals surface area contributed by atoms with Crippen molar-refractivity contribution in [1.29, 1.82) is 0 Å². The van der Waals surface area contributed by atoms with Crippen molar-refractivity contribution in [3.8, 4) is 0 Å². The van der Waals surface area contributed by atoms with E-state index in [0.29, 0.717) is 0 Å². The molecule has 0 aliphatic heterocycles. The molecule has 0 aliphatic rings. The maximum Gasteiger partial charge on any atom is 0.475 e. The van der Waals surface area contributed by atoms with Crippen LogP contribution in [0.1, 0.15) is 13.8 Å². The van der Waals surface area contributed by atoms with Gasteiger partial charge in [0.1, 0.15) is 0 Å². The lowest BCUT2D eigenvalue weighted by Gasteiger charge is -2.22. The van der Waals surface area contributed by atoms with Crippen molar-refractivity contribution in [1.82, 2.24) is 4.90 Å². The minimum atomic E-state index is -3.70. The second-order valence-electron chi connectivity index (χ2n) is 3.28. The molecule has 1 unspecified atom stereocenters. The predicted molar refractivity (Wildman–Crippen MR) is 64.6 cm³/mol. The van der Waals surface area contributed by atoms with Crippen LogP contribution in [0.2, 0.25) is 0 Å². The highest BCUT2D eigenvalue weighted by molar-refractivity contribution is 7.48. The van der Waals surface area contributed by atoms with Gasteiger partial charge in [0, 0.05) is 14.1 Å². The van der Waals surface area contributed by atoms with Gasteiger partial charge in [-0.25, -0.2) is 4.57 Å². The topological polar surface area (TPSA) is 65.1 Å². The molecule has 17 heavy (non-hydrogen) atoms. The molecule has 0 aromatic rings. The minimum absolute atomic E-state index is 0.164. The summed E-state index contributed by atoms with van der Waals surface area (Å²) in [4.78, 5) is 13.0. The molecule has 1 amide bonds. The third kappa shape index (κ3) is 5.46. The molecule has 100 valence electrons. The Balaban J connectivity index is 4.77. The van der Waals surface area contributed by atoms with E-state index in [-0.39, 0.29) is 19.1 Å². The molecule has 6 nitrogen and oxygen atoms in total. The van der Waals surface area contributed by atoms with E-state index in [1.807, 2.05) is 0 Å². The van der Waals surface area contributed by atoms with E-state index in [2.05, 4.69) is 6.58 Å². The zero-order valence-corrected chi connectivity index (χ0v) is 11.6. The van der Waals surface area contributed by atoms with Gasteiger partial charge in [-0.2, -0.15) is 0 Å². The van der Waals surface area contributed by atoms with Gasteiger partial charge in [0.2, 0.25) is 0 Å². The lowest BCUT2D eigenvalue weighted by molar-refractivity contribution is -0.135. The van der Waals surface area contributed by atoms with Gasteiger partial charge in [-0.1, -0.05) is 12.7 Å². The number of carbonyl (C=O) groups excluding carboxylic acids is 1. The Morgan fingerprint density at radius 3 is 2.12 bits per heavy atom. The zero-order valence-electron chi connectivity index (χ0n) is 10.7. The Kier molecular flexibility index (Phi) is 7.30. The fraction of sp³-hybridized carbons (Fsp3) is 0.700. The number of amides is 1. The predicted octanol–water partition coefficient (Wildman–Crippen LogP) is 1.83. The molecule has 0 fully saturated rings. The molecule has 0 aromatic heterocycles. The lowest BCUT2D eigenvalue weighted by atomic mass is 10.3. The number of hydrogen-bond donors (Lipinski definition) is 0. The average molecular weight is 265 g/mol. The molecular formula is C10H20NO5P. The Labute approximate surface area is 102 Å². The first-order chi connectivity index (χ1) is 7.90. The summed E-state index contributed by atoms with van der Waals surface area (Å²) in [6.45, 7) is 7.11. The maximum atomic E-state index is 12.0. The molecule has 0 heterocycles. The Hall–Kier alpha value is -0.680. The lowest BCUT2D eigenvalue weighted by Crippen LogP contribution is -2.33. The number of likely N-dealkylation sites (N-methyl/N-ethyl adjacent to an activating group) is 1. The molecule has 7 heteroatoms. The standard InChI is InChI=1S/C10H20NO5P/c1-6-9(10(12)11(4)5)16-17(13,14-7-2)15-8-3/h6,9H,1,7-8H2,2-5H3. The van der Waals surface area contributed by atoms with Crippen LogP contribution in [-0.4, -0.2) is 44.2 Å². The fourth-order valence-corrected chi connectivity index (χ4v) is 2.28. The first-order valence-electron chi connectivity index (χ1n) is 5.31. The number of hydrogen-bond acceptors (Lipinski definition) is 5. The summed E-state index contributed by atoms with van der Waals surface area (Å²) < 4.78 is 27.0. The fourth-order valence-electron chi connectivity index (χ4n) is 0.997. The summed E-state index contributed by atoms with van der Waals surface area (Å²) in [6, 6.07) is 0. The second-order valence-corrected chi connectivity index (χ2v) is 4.90. The molecule has 0 aromatic carbocycles. The van der Waals surface area contributed by atoms with Crippen molar-refractivity contribution in [2.75, 3.05) is 27.3 Å². The van der Waals surface area contributed by atoms with Crippen molar-refractivity contribution in [2.45, 2.75) is 20.0 Å². The zero-order chi connectivity index (χ0) is 13.5. The van der Waals surface area contributed by atoms with E-state index in [9.17, 15) is 9.36 Å². The summed E-state index contributed by atoms with van der Waals surface area (Å²) in [7, 11) is -0.576. The smallest absolute Gasteiger partial charge is 0.346 e. The Morgan fingerprint density at radius 1 is 1.35 bits per heavy atom. The molecule has 0 spiro atoms. The summed E-state index contributed by atoms with van der Waals surface area (Å²) >= 11 is 0. The van der Waals surface area contributed by atoms with E-state index in [1.165, 1.54) is 11.0 Å². The van der Waals surface area contributed by atoms with E-state index in [0.717, 1.165) is 0 Å². The van der Waals surface area contributed by atoms with Gasteiger partial charge in [-0.3, -0.25) is 18.4 Å². The molecule has 0 saturated carbocycles. The van der Waals surface area contributed by atoms with Gasteiger partial charge in [0.25, 0.3) is 5.91 Å². The van der Waals surface area contributed by atoms with E-state index < -0.39 is 13.9 Å². The highest BCUT2D eigenvalue weighted by Crippen LogP contribution is 2.50. The van der Waals surface area contributed by atoms with Crippen molar-refractivity contribution < 1.29 is 22.9 Å². The van der Waals surface area contributed by atoms with Crippen molar-refractivity contribution in [3.05, 3.63) is 12.7 Å². The van der Waals surface area contributed by atoms with Gasteiger partial charge in [-0.05, 0) is 13.8 Å². The number of carbonyl (C=O) groups is 1. The Bertz CT molecular complexity index is 295. The van der Waals surface area contributed by atoms with Gasteiger partial charge >= 0.3 is 7.82 Å². The number of phosphoric acid groups is 1. The largest absolute Gasteiger partial charge is 0.475 e. The molecule has 1 atom stereocenters. The van der Waals surface area contributed by atoms with Crippen LogP contribution in [0.25, 0.3) is 0 Å². The summed E-state index contributed by atoms with van der Waals surface area (Å²) in [5, 5.41) is 0. The highest BCUT2D eigenvalue weighted by atomic mass is 31.2. The van der Waals surface area contributed by atoms with E-state index >= 15 is 0 Å². The van der Waals surface area contributed by atoms with Gasteiger partial charge in [0.05, 0.1) is 13.2 Å². The molecule has 0 saturated heterocycles. The number of nitrogens with zero attached hydrogens (tertiary/aromatic N) is 1. The monoisotopic (exact) mass is 265 g/mol. The normalized spacial score (nSPS) is 13.2. The third-order valence-electron chi connectivity index (χ3n) is 1.72. The van der Waals surface area contributed by atoms with E-state index in [4.69, 9.17) is 13.6 Å².